The maximum atomic E-state index is 13.7. The lowest BCUT2D eigenvalue weighted by Crippen LogP contribution is -2.52. The van der Waals surface area contributed by atoms with Crippen molar-refractivity contribution in [2.75, 3.05) is 47.8 Å². The number of thiazole rings is 1. The van der Waals surface area contributed by atoms with Crippen molar-refractivity contribution in [2.24, 2.45) is 13.0 Å². The van der Waals surface area contributed by atoms with E-state index in [-0.39, 0.29) is 29.5 Å². The highest BCUT2D eigenvalue weighted by molar-refractivity contribution is 7.22. The van der Waals surface area contributed by atoms with Crippen molar-refractivity contribution >= 4 is 72.8 Å². The number of rotatable bonds is 14. The largest absolute Gasteiger partial charge is 0.490 e. The van der Waals surface area contributed by atoms with Gasteiger partial charge >= 0.3 is 5.97 Å². The summed E-state index contributed by atoms with van der Waals surface area (Å²) in [5.41, 5.74) is 8.52. The smallest absolute Gasteiger partial charge is 0.355 e. The highest BCUT2D eigenvalue weighted by atomic mass is 32.1. The number of nitrogens with zero attached hydrogens (tertiary/aromatic N) is 7. The van der Waals surface area contributed by atoms with Gasteiger partial charge in [-0.2, -0.15) is 5.10 Å². The second kappa shape index (κ2) is 21.0. The van der Waals surface area contributed by atoms with Crippen molar-refractivity contribution < 1.29 is 29.0 Å². The minimum Gasteiger partial charge on any atom is -0.490 e. The van der Waals surface area contributed by atoms with Crippen LogP contribution in [0.5, 0.6) is 5.75 Å². The highest BCUT2D eigenvalue weighted by Gasteiger charge is 2.33. The maximum absolute atomic E-state index is 13.7. The zero-order chi connectivity index (χ0) is 51.0. The molecular formula is C58H63N9O6S. The number of piperidine rings is 1. The number of amides is 3. The predicted molar refractivity (Wildman–Crippen MR) is 289 cm³/mol. The van der Waals surface area contributed by atoms with E-state index in [4.69, 9.17) is 14.8 Å². The Kier molecular flexibility index (Phi) is 13.9. The lowest BCUT2D eigenvalue weighted by molar-refractivity contribution is -0.134. The number of carbonyl (C=O) groups excluding carboxylic acids is 3. The molecule has 16 heteroatoms. The lowest BCUT2D eigenvalue weighted by Gasteiger charge is -2.41. The first-order valence-corrected chi connectivity index (χ1v) is 27.1. The fourth-order valence-electron chi connectivity index (χ4n) is 11.9. The highest BCUT2D eigenvalue weighted by Crippen LogP contribution is 2.38. The number of fused-ring (bicyclic) bond motifs is 3. The standard InChI is InChI=1S/C58H63N9O6S/c1-35-33-65(30-31-67(35)39-19-22-44-48(32-39)64(3)63-53(44)45-24-26-52(68)61-56(45)70)28-7-6-10-37-17-20-40(21-18-37)73-49-15-9-12-41(36(49)2)42-23-25-51(60-54(42)57(71)72)66-29-27-38-11-8-13-43(46(38)34-66)55(69)62-58-59-47-14-4-5-16-50(47)74-58/h4-5,8-9,11-16,19,22-23,25,32,35,37,40,45H,6-7,10,17-18,20-21,24,26-31,33-34H2,1-3H3,(H,71,72)(H,59,62,69)(H,61,68,70)/t35-,37?,40?,45?/m1/s1. The Balaban J connectivity index is 0.654. The number of hydrogen-bond acceptors (Lipinski definition) is 12. The number of hydrogen-bond donors (Lipinski definition) is 3. The summed E-state index contributed by atoms with van der Waals surface area (Å²) in [5, 5.41) is 22.3. The van der Waals surface area contributed by atoms with Gasteiger partial charge in [-0.1, -0.05) is 60.6 Å². The van der Waals surface area contributed by atoms with Crippen LogP contribution in [-0.2, 0) is 29.6 Å². The van der Waals surface area contributed by atoms with Crippen LogP contribution < -0.4 is 25.2 Å². The fourth-order valence-corrected chi connectivity index (χ4v) is 12.7. The van der Waals surface area contributed by atoms with E-state index in [0.29, 0.717) is 66.4 Å². The molecule has 382 valence electrons. The minimum absolute atomic E-state index is 0.0173. The number of aromatic carboxylic acids is 1. The van der Waals surface area contributed by atoms with Crippen LogP contribution in [0.4, 0.5) is 16.6 Å². The Morgan fingerprint density at radius 3 is 2.53 bits per heavy atom. The van der Waals surface area contributed by atoms with E-state index in [2.05, 4.69) is 61.5 Å². The van der Waals surface area contributed by atoms with Crippen LogP contribution >= 0.6 is 11.3 Å². The van der Waals surface area contributed by atoms with Crippen molar-refractivity contribution in [2.45, 2.75) is 103 Å². The molecule has 1 unspecified atom stereocenters. The summed E-state index contributed by atoms with van der Waals surface area (Å²) >= 11 is 1.44. The minimum atomic E-state index is -1.10. The number of aryl methyl sites for hydroxylation is 1. The zero-order valence-electron chi connectivity index (χ0n) is 42.3. The van der Waals surface area contributed by atoms with Crippen molar-refractivity contribution in [3.05, 3.63) is 125 Å². The Bertz CT molecular complexity index is 3250. The van der Waals surface area contributed by atoms with Gasteiger partial charge in [0.05, 0.1) is 33.4 Å². The molecule has 2 atom stereocenters. The molecule has 11 rings (SSSR count). The van der Waals surface area contributed by atoms with Crippen molar-refractivity contribution in [3.63, 3.8) is 0 Å². The van der Waals surface area contributed by atoms with E-state index in [9.17, 15) is 24.3 Å². The fraction of sp³-hybridized carbons (Fsp3) is 0.397. The third kappa shape index (κ3) is 10.1. The van der Waals surface area contributed by atoms with Crippen LogP contribution in [0.1, 0.15) is 114 Å². The van der Waals surface area contributed by atoms with Crippen LogP contribution in [0, 0.1) is 12.8 Å². The SMILES string of the molecule is Cc1c(OC2CCC(CCCCN3CCN(c4ccc5c(C6CCC(=O)NC6=O)nn(C)c5c4)[C@H](C)C3)CC2)cccc1-c1ccc(N2CCc3cccc(C(=O)Nc4nc5ccccc5s4)c3C2)nc1C(=O)O. The quantitative estimate of drug-likeness (QED) is 0.0696. The summed E-state index contributed by atoms with van der Waals surface area (Å²) in [6, 6.07) is 30.0. The molecular weight excluding hydrogens is 951 g/mol. The van der Waals surface area contributed by atoms with E-state index in [1.54, 1.807) is 0 Å². The van der Waals surface area contributed by atoms with E-state index < -0.39 is 11.9 Å². The van der Waals surface area contributed by atoms with Gasteiger partial charge in [0.25, 0.3) is 5.91 Å². The summed E-state index contributed by atoms with van der Waals surface area (Å²) in [6.07, 6.45) is 9.52. The number of aromatic nitrogens is 4. The number of benzene rings is 4. The average molecular weight is 1010 g/mol. The summed E-state index contributed by atoms with van der Waals surface area (Å²) in [6.45, 7) is 9.44. The molecule has 7 aromatic rings. The van der Waals surface area contributed by atoms with E-state index in [0.717, 1.165) is 107 Å². The molecule has 4 aromatic carbocycles. The van der Waals surface area contributed by atoms with Crippen molar-refractivity contribution in [1.82, 2.24) is 30.0 Å². The normalized spacial score (nSPS) is 20.4. The lowest BCUT2D eigenvalue weighted by atomic mass is 9.84. The summed E-state index contributed by atoms with van der Waals surface area (Å²) in [7, 11) is 1.92. The Labute approximate surface area is 434 Å². The molecule has 3 fully saturated rings. The van der Waals surface area contributed by atoms with Gasteiger partial charge in [-0.05, 0) is 148 Å². The number of nitrogens with one attached hydrogen (secondary N) is 2. The third-order valence-electron chi connectivity index (χ3n) is 15.9. The van der Waals surface area contributed by atoms with Crippen LogP contribution in [0.15, 0.2) is 91.0 Å². The number of ether oxygens (including phenoxy) is 1. The second-order valence-corrected chi connectivity index (χ2v) is 21.7. The first kappa shape index (κ1) is 49.1. The molecule has 15 nitrogen and oxygen atoms in total. The number of carboxylic acids is 1. The molecule has 74 heavy (non-hydrogen) atoms. The van der Waals surface area contributed by atoms with Crippen molar-refractivity contribution in [3.8, 4) is 16.9 Å². The topological polar surface area (TPSA) is 175 Å². The first-order chi connectivity index (χ1) is 35.9. The molecule has 3 N–H and O–H groups in total. The van der Waals surface area contributed by atoms with Gasteiger partial charge in [-0.15, -0.1) is 0 Å². The van der Waals surface area contributed by atoms with Gasteiger partial charge in [-0.25, -0.2) is 14.8 Å². The molecule has 2 saturated heterocycles. The van der Waals surface area contributed by atoms with Gasteiger partial charge in [0.15, 0.2) is 10.8 Å². The van der Waals surface area contributed by atoms with Gasteiger partial charge in [0.1, 0.15) is 11.6 Å². The third-order valence-corrected chi connectivity index (χ3v) is 16.9. The molecule has 0 radical (unpaired) electrons. The predicted octanol–water partition coefficient (Wildman–Crippen LogP) is 9.91. The van der Waals surface area contributed by atoms with Crippen LogP contribution in [0.2, 0.25) is 0 Å². The summed E-state index contributed by atoms with van der Waals surface area (Å²) < 4.78 is 9.56. The summed E-state index contributed by atoms with van der Waals surface area (Å²) in [4.78, 5) is 67.5. The number of para-hydroxylation sites is 1. The average Bonchev–Trinajstić information content (AvgIpc) is 3.97. The number of unbranched alkanes of at least 4 members (excludes halogenated alkanes) is 1. The van der Waals surface area contributed by atoms with E-state index >= 15 is 0 Å². The Morgan fingerprint density at radius 2 is 1.72 bits per heavy atom. The van der Waals surface area contributed by atoms with E-state index in [1.165, 1.54) is 36.3 Å². The Hall–Kier alpha value is -7.17. The number of piperazine rings is 1. The molecule has 6 heterocycles. The van der Waals surface area contributed by atoms with Gasteiger partial charge in [-0.3, -0.25) is 34.6 Å². The molecule has 0 spiro atoms. The molecule has 3 amide bonds. The molecule has 4 aliphatic rings. The van der Waals surface area contributed by atoms with Crippen molar-refractivity contribution in [1.29, 1.82) is 0 Å². The van der Waals surface area contributed by atoms with Gasteiger partial charge in [0, 0.05) is 74.4 Å². The van der Waals surface area contributed by atoms with Crippen LogP contribution in [0.3, 0.4) is 0 Å². The van der Waals surface area contributed by atoms with Gasteiger partial charge in [0.2, 0.25) is 11.8 Å². The molecule has 0 bridgehead atoms. The number of pyridine rings is 1. The first-order valence-electron chi connectivity index (χ1n) is 26.3. The second-order valence-electron chi connectivity index (χ2n) is 20.7. The summed E-state index contributed by atoms with van der Waals surface area (Å²) in [5.74, 6) is -0.187. The monoisotopic (exact) mass is 1010 g/mol. The zero-order valence-corrected chi connectivity index (χ0v) is 43.1. The number of imide groups is 1. The molecule has 3 aromatic heterocycles. The maximum Gasteiger partial charge on any atom is 0.355 e. The molecule has 1 aliphatic carbocycles. The van der Waals surface area contributed by atoms with Crippen LogP contribution in [0.25, 0.3) is 32.2 Å². The number of anilines is 3. The van der Waals surface area contributed by atoms with Gasteiger partial charge < -0.3 is 19.6 Å². The van der Waals surface area contributed by atoms with E-state index in [1.807, 2.05) is 85.4 Å². The molecule has 1 saturated carbocycles. The van der Waals surface area contributed by atoms with Crippen LogP contribution in [-0.4, -0.2) is 98.3 Å². The molecule has 3 aliphatic heterocycles. The number of carbonyl (C=O) groups is 4. The Morgan fingerprint density at radius 1 is 0.878 bits per heavy atom. The number of carboxylic acid groups (broad SMARTS) is 1.